The maximum atomic E-state index is 11.9. The first kappa shape index (κ1) is 14.3. The highest BCUT2D eigenvalue weighted by molar-refractivity contribution is 7.91. The Bertz CT molecular complexity index is 550. The Kier molecular flexibility index (Phi) is 4.45. The number of rotatable bonds is 5. The van der Waals surface area contributed by atoms with Gasteiger partial charge in [-0.25, -0.2) is 13.1 Å². The quantitative estimate of drug-likeness (QED) is 0.738. The molecule has 0 aliphatic carbocycles. The lowest BCUT2D eigenvalue weighted by Gasteiger charge is -2.09. The van der Waals surface area contributed by atoms with E-state index in [1.54, 1.807) is 0 Å². The third kappa shape index (κ3) is 3.93. The number of sulfonamides is 1. The minimum Gasteiger partial charge on any atom is -0.377 e. The molecule has 1 amide bonds. The predicted octanol–water partition coefficient (Wildman–Crippen LogP) is -0.0462. The van der Waals surface area contributed by atoms with Crippen LogP contribution in [0.2, 0.25) is 0 Å². The highest BCUT2D eigenvalue weighted by atomic mass is 32.2. The van der Waals surface area contributed by atoms with E-state index in [4.69, 9.17) is 4.74 Å². The topological polar surface area (TPSA) is 110 Å². The minimum absolute atomic E-state index is 0.0856. The van der Waals surface area contributed by atoms with Gasteiger partial charge in [-0.05, 0) is 12.8 Å². The fourth-order valence-electron chi connectivity index (χ4n) is 1.59. The lowest BCUT2D eigenvalue weighted by molar-refractivity contribution is -0.114. The van der Waals surface area contributed by atoms with Gasteiger partial charge in [-0.3, -0.25) is 4.79 Å². The highest BCUT2D eigenvalue weighted by Gasteiger charge is 2.23. The molecular formula is C9H14N4O4S2. The second-order valence-corrected chi connectivity index (χ2v) is 6.96. The molecule has 1 atom stereocenters. The Morgan fingerprint density at radius 3 is 2.95 bits per heavy atom. The van der Waals surface area contributed by atoms with Crippen LogP contribution in [0.5, 0.6) is 0 Å². The minimum atomic E-state index is -3.70. The molecule has 1 aromatic rings. The van der Waals surface area contributed by atoms with Gasteiger partial charge in [0.15, 0.2) is 0 Å². The van der Waals surface area contributed by atoms with E-state index in [2.05, 4.69) is 20.2 Å². The van der Waals surface area contributed by atoms with Crippen LogP contribution in [0.25, 0.3) is 0 Å². The lowest BCUT2D eigenvalue weighted by atomic mass is 10.2. The Morgan fingerprint density at radius 2 is 2.32 bits per heavy atom. The molecule has 1 fully saturated rings. The van der Waals surface area contributed by atoms with Crippen molar-refractivity contribution in [2.24, 2.45) is 0 Å². The summed E-state index contributed by atoms with van der Waals surface area (Å²) in [4.78, 5) is 10.8. The zero-order valence-electron chi connectivity index (χ0n) is 10.2. The Labute approximate surface area is 114 Å². The summed E-state index contributed by atoms with van der Waals surface area (Å²) in [6, 6.07) is 0. The van der Waals surface area contributed by atoms with Crippen LogP contribution >= 0.6 is 11.3 Å². The Morgan fingerprint density at radius 1 is 1.53 bits per heavy atom. The van der Waals surface area contributed by atoms with Crippen LogP contribution in [0.1, 0.15) is 19.8 Å². The van der Waals surface area contributed by atoms with Crippen molar-refractivity contribution in [1.82, 2.24) is 14.9 Å². The van der Waals surface area contributed by atoms with E-state index >= 15 is 0 Å². The Hall–Kier alpha value is -1.10. The van der Waals surface area contributed by atoms with E-state index in [-0.39, 0.29) is 28.0 Å². The van der Waals surface area contributed by atoms with Crippen molar-refractivity contribution in [3.8, 4) is 0 Å². The summed E-state index contributed by atoms with van der Waals surface area (Å²) in [5.41, 5.74) is 0. The molecule has 2 rings (SSSR count). The summed E-state index contributed by atoms with van der Waals surface area (Å²) in [6.07, 6.45) is 1.70. The molecule has 1 aliphatic heterocycles. The van der Waals surface area contributed by atoms with Gasteiger partial charge in [-0.2, -0.15) is 0 Å². The average molecular weight is 306 g/mol. The molecule has 10 heteroatoms. The number of nitrogens with one attached hydrogen (secondary N) is 2. The first-order valence-corrected chi connectivity index (χ1v) is 8.00. The molecule has 0 radical (unpaired) electrons. The van der Waals surface area contributed by atoms with Gasteiger partial charge in [-0.1, -0.05) is 11.3 Å². The van der Waals surface area contributed by atoms with Gasteiger partial charge in [0.1, 0.15) is 0 Å². The number of aromatic nitrogens is 2. The van der Waals surface area contributed by atoms with Crippen molar-refractivity contribution in [3.05, 3.63) is 0 Å². The van der Waals surface area contributed by atoms with Crippen molar-refractivity contribution in [3.63, 3.8) is 0 Å². The van der Waals surface area contributed by atoms with E-state index in [1.165, 1.54) is 6.92 Å². The first-order chi connectivity index (χ1) is 8.97. The molecule has 0 bridgehead atoms. The van der Waals surface area contributed by atoms with E-state index < -0.39 is 10.0 Å². The summed E-state index contributed by atoms with van der Waals surface area (Å²) in [5, 5.41) is 9.68. The number of carbonyl (C=O) groups is 1. The van der Waals surface area contributed by atoms with Crippen LogP contribution in [0.4, 0.5) is 5.13 Å². The molecule has 0 saturated carbocycles. The highest BCUT2D eigenvalue weighted by Crippen LogP contribution is 2.20. The second kappa shape index (κ2) is 5.90. The number of carbonyl (C=O) groups excluding carboxylic acids is 1. The van der Waals surface area contributed by atoms with Gasteiger partial charge >= 0.3 is 0 Å². The standard InChI is InChI=1S/C9H14N4O4S2/c1-6(14)11-8-12-13-9(18-8)19(15,16)10-5-7-3-2-4-17-7/h7,10H,2-5H2,1H3,(H,11,12,14)/t7-/m0/s1. The molecule has 8 nitrogen and oxygen atoms in total. The fourth-order valence-corrected chi connectivity index (χ4v) is 3.64. The smallest absolute Gasteiger partial charge is 0.269 e. The number of hydrogen-bond acceptors (Lipinski definition) is 7. The average Bonchev–Trinajstić information content (AvgIpc) is 2.96. The van der Waals surface area contributed by atoms with Crippen LogP contribution in [-0.4, -0.2) is 43.8 Å². The van der Waals surface area contributed by atoms with Crippen LogP contribution < -0.4 is 10.0 Å². The zero-order valence-corrected chi connectivity index (χ0v) is 11.9. The van der Waals surface area contributed by atoms with Gasteiger partial charge in [0.2, 0.25) is 15.4 Å². The molecule has 19 heavy (non-hydrogen) atoms. The summed E-state index contributed by atoms with van der Waals surface area (Å²) >= 11 is 0.805. The molecule has 2 heterocycles. The van der Waals surface area contributed by atoms with Crippen molar-refractivity contribution >= 4 is 32.4 Å². The van der Waals surface area contributed by atoms with Gasteiger partial charge in [-0.15, -0.1) is 10.2 Å². The summed E-state index contributed by atoms with van der Waals surface area (Å²) in [7, 11) is -3.70. The van der Waals surface area contributed by atoms with Gasteiger partial charge < -0.3 is 10.1 Å². The van der Waals surface area contributed by atoms with Gasteiger partial charge in [0.05, 0.1) is 6.10 Å². The normalized spacial score (nSPS) is 19.5. The van der Waals surface area contributed by atoms with Crippen molar-refractivity contribution in [2.75, 3.05) is 18.5 Å². The molecule has 1 aromatic heterocycles. The van der Waals surface area contributed by atoms with E-state index in [9.17, 15) is 13.2 Å². The summed E-state index contributed by atoms with van der Waals surface area (Å²) in [5.74, 6) is -0.326. The fraction of sp³-hybridized carbons (Fsp3) is 0.667. The predicted molar refractivity (Wildman–Crippen MR) is 68.4 cm³/mol. The third-order valence-corrected chi connectivity index (χ3v) is 5.07. The van der Waals surface area contributed by atoms with E-state index in [1.807, 2.05) is 0 Å². The van der Waals surface area contributed by atoms with E-state index in [0.29, 0.717) is 6.61 Å². The van der Waals surface area contributed by atoms with Crippen LogP contribution in [0.15, 0.2) is 4.34 Å². The Balaban J connectivity index is 1.98. The van der Waals surface area contributed by atoms with Crippen molar-refractivity contribution in [2.45, 2.75) is 30.2 Å². The lowest BCUT2D eigenvalue weighted by Crippen LogP contribution is -2.31. The number of ether oxygens (including phenoxy) is 1. The number of amides is 1. The summed E-state index contributed by atoms with van der Waals surface area (Å²) < 4.78 is 31.4. The molecule has 1 saturated heterocycles. The first-order valence-electron chi connectivity index (χ1n) is 5.70. The monoisotopic (exact) mass is 306 g/mol. The van der Waals surface area contributed by atoms with E-state index in [0.717, 1.165) is 24.2 Å². The molecule has 106 valence electrons. The number of hydrogen-bond donors (Lipinski definition) is 2. The van der Waals surface area contributed by atoms with Crippen LogP contribution in [0, 0.1) is 0 Å². The van der Waals surface area contributed by atoms with Crippen molar-refractivity contribution in [1.29, 1.82) is 0 Å². The van der Waals surface area contributed by atoms with Gasteiger partial charge in [0, 0.05) is 20.1 Å². The maximum absolute atomic E-state index is 11.9. The molecular weight excluding hydrogens is 292 g/mol. The molecule has 2 N–H and O–H groups in total. The molecule has 0 aromatic carbocycles. The molecule has 1 aliphatic rings. The summed E-state index contributed by atoms with van der Waals surface area (Å²) in [6.45, 7) is 2.19. The molecule has 0 spiro atoms. The largest absolute Gasteiger partial charge is 0.377 e. The molecule has 0 unspecified atom stereocenters. The van der Waals surface area contributed by atoms with Crippen LogP contribution in [-0.2, 0) is 19.6 Å². The van der Waals surface area contributed by atoms with Crippen LogP contribution in [0.3, 0.4) is 0 Å². The zero-order chi connectivity index (χ0) is 13.9. The SMILES string of the molecule is CC(=O)Nc1nnc(S(=O)(=O)NC[C@@H]2CCCO2)s1. The third-order valence-electron chi connectivity index (χ3n) is 2.44. The number of anilines is 1. The maximum Gasteiger partial charge on any atom is 0.269 e. The number of nitrogens with zero attached hydrogens (tertiary/aromatic N) is 2. The second-order valence-electron chi connectivity index (χ2n) is 4.04. The van der Waals surface area contributed by atoms with Gasteiger partial charge in [0.25, 0.3) is 10.0 Å². The van der Waals surface area contributed by atoms with Crippen molar-refractivity contribution < 1.29 is 17.9 Å².